The number of alkyl halides is 1. The summed E-state index contributed by atoms with van der Waals surface area (Å²) in [6.45, 7) is 5.44. The van der Waals surface area contributed by atoms with E-state index in [9.17, 15) is 0 Å². The Morgan fingerprint density at radius 1 is 2.00 bits per heavy atom. The van der Waals surface area contributed by atoms with Gasteiger partial charge in [0, 0.05) is 5.88 Å². The van der Waals surface area contributed by atoms with Crippen LogP contribution in [0.2, 0.25) is 0 Å². The molecule has 0 fully saturated rings. The zero-order valence-electron chi connectivity index (χ0n) is 6.00. The van der Waals surface area contributed by atoms with Crippen molar-refractivity contribution in [3.05, 3.63) is 12.2 Å². The Morgan fingerprint density at radius 2 is 2.17 bits per heavy atom. The SMILES string of the molecule is C=C(C)CCl.[H-].[H-].[Mg+2]. The monoisotopic (exact) mass is 116 g/mol. The van der Waals surface area contributed by atoms with Gasteiger partial charge in [-0.05, 0) is 6.92 Å². The summed E-state index contributed by atoms with van der Waals surface area (Å²) in [6.07, 6.45) is 0. The molecule has 0 bridgehead atoms. The van der Waals surface area contributed by atoms with Crippen molar-refractivity contribution in [1.29, 1.82) is 0 Å². The molecule has 0 nitrogen and oxygen atoms in total. The van der Waals surface area contributed by atoms with Crippen LogP contribution in [0, 0.1) is 0 Å². The van der Waals surface area contributed by atoms with Gasteiger partial charge in [0.05, 0.1) is 0 Å². The molecule has 0 amide bonds. The first kappa shape index (κ1) is 9.93. The van der Waals surface area contributed by atoms with Crippen molar-refractivity contribution >= 4 is 34.7 Å². The Labute approximate surface area is 62.7 Å². The van der Waals surface area contributed by atoms with Crippen LogP contribution in [-0.4, -0.2) is 28.9 Å². The Bertz CT molecular complexity index is 49.3. The van der Waals surface area contributed by atoms with E-state index in [4.69, 9.17) is 11.6 Å². The van der Waals surface area contributed by atoms with Crippen LogP contribution in [0.15, 0.2) is 12.2 Å². The summed E-state index contributed by atoms with van der Waals surface area (Å²) in [5.74, 6) is 0.583. The standard InChI is InChI=1S/C4H7Cl.Mg.2H/c1-4(2)3-5;;;/h1,3H2,2H3;;;/q;+2;2*-1. The van der Waals surface area contributed by atoms with Crippen LogP contribution in [0.3, 0.4) is 0 Å². The molecule has 2 heteroatoms. The molecular weight excluding hydrogens is 108 g/mol. The minimum atomic E-state index is 0. The second-order valence-corrected chi connectivity index (χ2v) is 1.36. The van der Waals surface area contributed by atoms with Gasteiger partial charge in [0.2, 0.25) is 0 Å². The van der Waals surface area contributed by atoms with Crippen LogP contribution in [0.1, 0.15) is 9.78 Å². The molecule has 0 unspecified atom stereocenters. The maximum absolute atomic E-state index is 5.24. The minimum Gasteiger partial charge on any atom is -1.00 e. The summed E-state index contributed by atoms with van der Waals surface area (Å²) in [4.78, 5) is 0. The summed E-state index contributed by atoms with van der Waals surface area (Å²) < 4.78 is 0. The second-order valence-electron chi connectivity index (χ2n) is 1.09. The number of allylic oxidation sites excluding steroid dienone is 1. The Morgan fingerprint density at radius 3 is 2.17 bits per heavy atom. The number of hydrogen-bond donors (Lipinski definition) is 0. The summed E-state index contributed by atoms with van der Waals surface area (Å²) in [5.41, 5.74) is 1.02. The van der Waals surface area contributed by atoms with E-state index in [0.29, 0.717) is 5.88 Å². The van der Waals surface area contributed by atoms with Crippen molar-refractivity contribution in [3.63, 3.8) is 0 Å². The van der Waals surface area contributed by atoms with E-state index in [1.807, 2.05) is 6.92 Å². The molecule has 0 rings (SSSR count). The van der Waals surface area contributed by atoms with Crippen LogP contribution < -0.4 is 0 Å². The third-order valence-corrected chi connectivity index (χ3v) is 0.684. The molecule has 0 saturated carbocycles. The minimum absolute atomic E-state index is 0. The molecule has 0 heterocycles. The fourth-order valence-corrected chi connectivity index (χ4v) is 0. The van der Waals surface area contributed by atoms with Gasteiger partial charge in [0.15, 0.2) is 0 Å². The van der Waals surface area contributed by atoms with Crippen LogP contribution in [0.25, 0.3) is 0 Å². The van der Waals surface area contributed by atoms with Gasteiger partial charge in [-0.15, -0.1) is 11.6 Å². The number of rotatable bonds is 1. The molecule has 0 N–H and O–H groups in total. The molecule has 0 aliphatic heterocycles. The first-order chi connectivity index (χ1) is 2.27. The van der Waals surface area contributed by atoms with Crippen molar-refractivity contribution < 1.29 is 2.85 Å². The van der Waals surface area contributed by atoms with Crippen molar-refractivity contribution in [1.82, 2.24) is 0 Å². The normalized spacial score (nSPS) is 6.33. The van der Waals surface area contributed by atoms with Crippen LogP contribution in [0.4, 0.5) is 0 Å². The Hall–Kier alpha value is 0.796. The summed E-state index contributed by atoms with van der Waals surface area (Å²) in [7, 11) is 0. The zero-order chi connectivity index (χ0) is 4.28. The Kier molecular flexibility index (Phi) is 9.59. The van der Waals surface area contributed by atoms with Crippen LogP contribution >= 0.6 is 11.6 Å². The summed E-state index contributed by atoms with van der Waals surface area (Å²) in [6, 6.07) is 0. The first-order valence-corrected chi connectivity index (χ1v) is 2.01. The first-order valence-electron chi connectivity index (χ1n) is 1.47. The molecule has 0 spiro atoms. The molecular formula is C4H9ClMg. The molecule has 0 radical (unpaired) electrons. The Balaban J connectivity index is -0.0000000267. The van der Waals surface area contributed by atoms with E-state index >= 15 is 0 Å². The average Bonchev–Trinajstić information content (AvgIpc) is 1.38. The molecule has 0 aromatic carbocycles. The molecule has 0 aliphatic carbocycles. The largest absolute Gasteiger partial charge is 2.00 e. The zero-order valence-corrected chi connectivity index (χ0v) is 6.17. The van der Waals surface area contributed by atoms with Crippen molar-refractivity contribution in [3.8, 4) is 0 Å². The van der Waals surface area contributed by atoms with Gasteiger partial charge < -0.3 is 2.85 Å². The van der Waals surface area contributed by atoms with Gasteiger partial charge in [-0.25, -0.2) is 0 Å². The average molecular weight is 117 g/mol. The van der Waals surface area contributed by atoms with Gasteiger partial charge in [0.1, 0.15) is 0 Å². The van der Waals surface area contributed by atoms with E-state index in [2.05, 4.69) is 6.58 Å². The second kappa shape index (κ2) is 5.80. The maximum atomic E-state index is 5.24. The summed E-state index contributed by atoms with van der Waals surface area (Å²) in [5, 5.41) is 0. The topological polar surface area (TPSA) is 0 Å². The third kappa shape index (κ3) is 8.84. The molecule has 0 aromatic heterocycles. The maximum Gasteiger partial charge on any atom is 2.00 e. The van der Waals surface area contributed by atoms with E-state index in [1.54, 1.807) is 0 Å². The van der Waals surface area contributed by atoms with E-state index in [1.165, 1.54) is 0 Å². The predicted octanol–water partition coefficient (Wildman–Crippen LogP) is 1.65. The van der Waals surface area contributed by atoms with E-state index < -0.39 is 0 Å². The van der Waals surface area contributed by atoms with Crippen molar-refractivity contribution in [2.24, 2.45) is 0 Å². The van der Waals surface area contributed by atoms with Gasteiger partial charge in [0.25, 0.3) is 0 Å². The van der Waals surface area contributed by atoms with E-state index in [0.717, 1.165) is 5.57 Å². The molecule has 0 saturated heterocycles. The van der Waals surface area contributed by atoms with Gasteiger partial charge >= 0.3 is 23.1 Å². The molecule has 34 valence electrons. The quantitative estimate of drug-likeness (QED) is 0.278. The van der Waals surface area contributed by atoms with Gasteiger partial charge in [-0.2, -0.15) is 0 Å². The van der Waals surface area contributed by atoms with Crippen molar-refractivity contribution in [2.45, 2.75) is 6.92 Å². The molecule has 0 aromatic rings. The van der Waals surface area contributed by atoms with Gasteiger partial charge in [-0.3, -0.25) is 0 Å². The summed E-state index contributed by atoms with van der Waals surface area (Å²) >= 11 is 5.24. The fraction of sp³-hybridized carbons (Fsp3) is 0.500. The fourth-order valence-electron chi connectivity index (χ4n) is 0. The predicted molar refractivity (Wildman–Crippen MR) is 33.5 cm³/mol. The molecule has 0 aliphatic rings. The molecule has 6 heavy (non-hydrogen) atoms. The molecule has 0 atom stereocenters. The number of halogens is 1. The van der Waals surface area contributed by atoms with Crippen LogP contribution in [0.5, 0.6) is 0 Å². The van der Waals surface area contributed by atoms with Gasteiger partial charge in [-0.1, -0.05) is 12.2 Å². The van der Waals surface area contributed by atoms with Crippen LogP contribution in [-0.2, 0) is 0 Å². The third-order valence-electron chi connectivity index (χ3n) is 0.228. The smallest absolute Gasteiger partial charge is 1.00 e. The van der Waals surface area contributed by atoms with Crippen molar-refractivity contribution in [2.75, 3.05) is 5.88 Å². The van der Waals surface area contributed by atoms with E-state index in [-0.39, 0.29) is 25.9 Å². The number of hydrogen-bond acceptors (Lipinski definition) is 0.